The molecule has 2 rings (SSSR count). The maximum Gasteiger partial charge on any atom is 0.254 e. The van der Waals surface area contributed by atoms with E-state index in [0.29, 0.717) is 24.1 Å². The molecule has 0 aromatic carbocycles. The van der Waals surface area contributed by atoms with Crippen LogP contribution in [0.4, 0.5) is 5.95 Å². The van der Waals surface area contributed by atoms with Crippen molar-refractivity contribution in [2.75, 3.05) is 31.5 Å². The van der Waals surface area contributed by atoms with E-state index in [0.717, 1.165) is 26.1 Å². The van der Waals surface area contributed by atoms with Crippen molar-refractivity contribution >= 4 is 11.9 Å². The molecule has 0 saturated carbocycles. The molecule has 2 N–H and O–H groups in total. The summed E-state index contributed by atoms with van der Waals surface area (Å²) < 4.78 is 0. The van der Waals surface area contributed by atoms with Gasteiger partial charge in [-0.3, -0.25) is 9.69 Å². The predicted octanol–water partition coefficient (Wildman–Crippen LogP) is 1.12. The van der Waals surface area contributed by atoms with E-state index in [1.54, 1.807) is 12.4 Å². The minimum Gasteiger partial charge on any atom is -0.355 e. The van der Waals surface area contributed by atoms with Gasteiger partial charge in [0.2, 0.25) is 5.95 Å². The van der Waals surface area contributed by atoms with Crippen LogP contribution in [0.5, 0.6) is 0 Å². The molecule has 0 unspecified atom stereocenters. The van der Waals surface area contributed by atoms with Gasteiger partial charge < -0.3 is 10.6 Å². The van der Waals surface area contributed by atoms with E-state index in [2.05, 4.69) is 32.4 Å². The lowest BCUT2D eigenvalue weighted by molar-refractivity contribution is 0.0940. The first-order chi connectivity index (χ1) is 9.74. The summed E-state index contributed by atoms with van der Waals surface area (Å²) in [6.07, 6.45) is 5.50. The van der Waals surface area contributed by atoms with Crippen molar-refractivity contribution in [1.29, 1.82) is 0 Å². The fourth-order valence-corrected chi connectivity index (χ4v) is 2.55. The highest BCUT2D eigenvalue weighted by molar-refractivity contribution is 5.93. The standard InChI is InChI=1S/C14H23N5O/c1-3-15-14-17-8-11(9-18-14)13(20)16-10-12-6-5-7-19(12)4-2/h8-9,12H,3-7,10H2,1-2H3,(H,16,20)(H,15,17,18)/t12-/m0/s1. The zero-order valence-corrected chi connectivity index (χ0v) is 12.2. The van der Waals surface area contributed by atoms with Gasteiger partial charge in [0.05, 0.1) is 5.56 Å². The largest absolute Gasteiger partial charge is 0.355 e. The molecule has 110 valence electrons. The molecule has 1 amide bonds. The van der Waals surface area contributed by atoms with Crippen molar-refractivity contribution in [2.45, 2.75) is 32.7 Å². The van der Waals surface area contributed by atoms with Crippen molar-refractivity contribution in [2.24, 2.45) is 0 Å². The normalized spacial score (nSPS) is 19.0. The molecule has 2 heterocycles. The highest BCUT2D eigenvalue weighted by Gasteiger charge is 2.23. The van der Waals surface area contributed by atoms with E-state index in [-0.39, 0.29) is 5.91 Å². The quantitative estimate of drug-likeness (QED) is 0.815. The highest BCUT2D eigenvalue weighted by atomic mass is 16.1. The fourth-order valence-electron chi connectivity index (χ4n) is 2.55. The van der Waals surface area contributed by atoms with Crippen LogP contribution in [-0.4, -0.2) is 53.0 Å². The van der Waals surface area contributed by atoms with Crippen LogP contribution >= 0.6 is 0 Å². The number of rotatable bonds is 6. The van der Waals surface area contributed by atoms with E-state index < -0.39 is 0 Å². The van der Waals surface area contributed by atoms with Crippen LogP contribution < -0.4 is 10.6 Å². The van der Waals surface area contributed by atoms with Crippen LogP contribution in [0, 0.1) is 0 Å². The lowest BCUT2D eigenvalue weighted by Crippen LogP contribution is -2.40. The lowest BCUT2D eigenvalue weighted by atomic mass is 10.2. The zero-order valence-electron chi connectivity index (χ0n) is 12.2. The number of likely N-dealkylation sites (N-methyl/N-ethyl adjacent to an activating group) is 1. The van der Waals surface area contributed by atoms with Gasteiger partial charge in [-0.05, 0) is 32.9 Å². The average molecular weight is 277 g/mol. The van der Waals surface area contributed by atoms with Crippen molar-refractivity contribution in [3.8, 4) is 0 Å². The Morgan fingerprint density at radius 3 is 2.80 bits per heavy atom. The molecule has 6 nitrogen and oxygen atoms in total. The third-order valence-corrected chi connectivity index (χ3v) is 3.65. The Kier molecular flexibility index (Phi) is 5.29. The van der Waals surface area contributed by atoms with Gasteiger partial charge in [0.25, 0.3) is 5.91 Å². The topological polar surface area (TPSA) is 70.2 Å². The molecular formula is C14H23N5O. The molecule has 1 aliphatic heterocycles. The zero-order chi connectivity index (χ0) is 14.4. The second kappa shape index (κ2) is 7.19. The lowest BCUT2D eigenvalue weighted by Gasteiger charge is -2.22. The first-order valence-corrected chi connectivity index (χ1v) is 7.32. The number of carbonyl (C=O) groups is 1. The minimum absolute atomic E-state index is 0.101. The summed E-state index contributed by atoms with van der Waals surface area (Å²) in [4.78, 5) is 22.7. The number of anilines is 1. The number of likely N-dealkylation sites (tertiary alicyclic amines) is 1. The van der Waals surface area contributed by atoms with Gasteiger partial charge in [0, 0.05) is 31.5 Å². The molecule has 6 heteroatoms. The van der Waals surface area contributed by atoms with Crippen LogP contribution in [0.25, 0.3) is 0 Å². The van der Waals surface area contributed by atoms with Crippen molar-refractivity contribution in [3.63, 3.8) is 0 Å². The fraction of sp³-hybridized carbons (Fsp3) is 0.643. The van der Waals surface area contributed by atoms with Crippen molar-refractivity contribution in [1.82, 2.24) is 20.2 Å². The molecule has 1 aromatic rings. The van der Waals surface area contributed by atoms with E-state index in [4.69, 9.17) is 0 Å². The molecule has 1 aliphatic rings. The number of carbonyl (C=O) groups excluding carboxylic acids is 1. The van der Waals surface area contributed by atoms with Gasteiger partial charge >= 0.3 is 0 Å². The van der Waals surface area contributed by atoms with Crippen LogP contribution in [0.3, 0.4) is 0 Å². The highest BCUT2D eigenvalue weighted by Crippen LogP contribution is 2.15. The Labute approximate surface area is 120 Å². The van der Waals surface area contributed by atoms with Gasteiger partial charge in [-0.2, -0.15) is 0 Å². The van der Waals surface area contributed by atoms with E-state index in [1.165, 1.54) is 6.42 Å². The van der Waals surface area contributed by atoms with Crippen LogP contribution in [0.15, 0.2) is 12.4 Å². The van der Waals surface area contributed by atoms with Gasteiger partial charge in [0.1, 0.15) is 0 Å². The average Bonchev–Trinajstić information content (AvgIpc) is 2.93. The Balaban J connectivity index is 1.85. The minimum atomic E-state index is -0.101. The summed E-state index contributed by atoms with van der Waals surface area (Å²) in [6, 6.07) is 0.464. The molecule has 0 aliphatic carbocycles. The van der Waals surface area contributed by atoms with Crippen molar-refractivity contribution < 1.29 is 4.79 Å². The monoisotopic (exact) mass is 277 g/mol. The Morgan fingerprint density at radius 2 is 2.15 bits per heavy atom. The van der Waals surface area contributed by atoms with Crippen molar-refractivity contribution in [3.05, 3.63) is 18.0 Å². The summed E-state index contributed by atoms with van der Waals surface area (Å²) in [5.41, 5.74) is 0.507. The molecule has 20 heavy (non-hydrogen) atoms. The molecule has 1 fully saturated rings. The van der Waals surface area contributed by atoms with Gasteiger partial charge in [-0.1, -0.05) is 6.92 Å². The number of nitrogens with one attached hydrogen (secondary N) is 2. The number of aromatic nitrogens is 2. The van der Waals surface area contributed by atoms with Crippen LogP contribution in [0.2, 0.25) is 0 Å². The number of hydrogen-bond acceptors (Lipinski definition) is 5. The summed E-state index contributed by atoms with van der Waals surface area (Å²) in [5.74, 6) is 0.452. The number of hydrogen-bond donors (Lipinski definition) is 2. The summed E-state index contributed by atoms with van der Waals surface area (Å²) >= 11 is 0. The maximum atomic E-state index is 12.0. The summed E-state index contributed by atoms with van der Waals surface area (Å²) in [7, 11) is 0. The number of amides is 1. The molecular weight excluding hydrogens is 254 g/mol. The van der Waals surface area contributed by atoms with Crippen LogP contribution in [-0.2, 0) is 0 Å². The van der Waals surface area contributed by atoms with E-state index >= 15 is 0 Å². The van der Waals surface area contributed by atoms with E-state index in [9.17, 15) is 4.79 Å². The molecule has 1 saturated heterocycles. The smallest absolute Gasteiger partial charge is 0.254 e. The third kappa shape index (κ3) is 3.66. The van der Waals surface area contributed by atoms with Gasteiger partial charge in [0.15, 0.2) is 0 Å². The third-order valence-electron chi connectivity index (χ3n) is 3.65. The first-order valence-electron chi connectivity index (χ1n) is 7.32. The molecule has 0 spiro atoms. The molecule has 0 bridgehead atoms. The maximum absolute atomic E-state index is 12.0. The van der Waals surface area contributed by atoms with E-state index in [1.807, 2.05) is 6.92 Å². The van der Waals surface area contributed by atoms with Crippen LogP contribution in [0.1, 0.15) is 37.0 Å². The molecule has 1 aromatic heterocycles. The molecule has 0 radical (unpaired) electrons. The van der Waals surface area contributed by atoms with Gasteiger partial charge in [-0.25, -0.2) is 9.97 Å². The molecule has 1 atom stereocenters. The second-order valence-electron chi connectivity index (χ2n) is 4.96. The number of nitrogens with zero attached hydrogens (tertiary/aromatic N) is 3. The van der Waals surface area contributed by atoms with Gasteiger partial charge in [-0.15, -0.1) is 0 Å². The summed E-state index contributed by atoms with van der Waals surface area (Å²) in [6.45, 7) is 7.78. The Morgan fingerprint density at radius 1 is 1.40 bits per heavy atom. The SMILES string of the molecule is CCNc1ncc(C(=O)NC[C@@H]2CCCN2CC)cn1. The first kappa shape index (κ1) is 14.7. The predicted molar refractivity (Wildman–Crippen MR) is 78.8 cm³/mol. The Bertz CT molecular complexity index is 434. The second-order valence-corrected chi connectivity index (χ2v) is 4.96. The summed E-state index contributed by atoms with van der Waals surface area (Å²) in [5, 5.41) is 5.98. The Hall–Kier alpha value is -1.69.